The second-order valence-electron chi connectivity index (χ2n) is 4.37. The molecule has 5 nitrogen and oxygen atoms in total. The van der Waals surface area contributed by atoms with Crippen LogP contribution in [0.3, 0.4) is 0 Å². The minimum atomic E-state index is -0.650. The van der Waals surface area contributed by atoms with Gasteiger partial charge in [-0.25, -0.2) is 0 Å². The summed E-state index contributed by atoms with van der Waals surface area (Å²) in [7, 11) is 0. The molecule has 1 aromatic rings. The fourth-order valence-corrected chi connectivity index (χ4v) is 1.90. The number of hydrogen-bond acceptors (Lipinski definition) is 3. The zero-order valence-corrected chi connectivity index (χ0v) is 12.4. The number of carbonyl (C=O) groups is 2. The van der Waals surface area contributed by atoms with Crippen molar-refractivity contribution < 1.29 is 14.3 Å². The molecule has 0 heterocycles. The van der Waals surface area contributed by atoms with Gasteiger partial charge in [-0.2, -0.15) is 0 Å². The summed E-state index contributed by atoms with van der Waals surface area (Å²) in [5.41, 5.74) is 5.40. The van der Waals surface area contributed by atoms with Crippen LogP contribution in [0.5, 0.6) is 5.75 Å². The summed E-state index contributed by atoms with van der Waals surface area (Å²) in [5.74, 6) is -0.631. The van der Waals surface area contributed by atoms with Crippen molar-refractivity contribution in [1.29, 1.82) is 0 Å². The Balaban J connectivity index is 2.66. The molecule has 0 bridgehead atoms. The summed E-state index contributed by atoms with van der Waals surface area (Å²) in [5, 5.41) is 3.22. The lowest BCUT2D eigenvalue weighted by Gasteiger charge is -2.15. The minimum absolute atomic E-state index is 0.131. The number of nitrogens with one attached hydrogen (secondary N) is 1. The largest absolute Gasteiger partial charge is 0.483 e. The molecule has 0 aliphatic carbocycles. The van der Waals surface area contributed by atoms with Crippen molar-refractivity contribution in [2.75, 3.05) is 6.61 Å². The smallest absolute Gasteiger partial charge is 0.258 e. The van der Waals surface area contributed by atoms with E-state index in [1.165, 1.54) is 12.1 Å². The first kappa shape index (κ1) is 16.3. The Labute approximate surface area is 123 Å². The molecule has 0 aromatic heterocycles. The Morgan fingerprint density at radius 1 is 1.35 bits per heavy atom. The van der Waals surface area contributed by atoms with Crippen LogP contribution in [0.15, 0.2) is 18.2 Å². The standard InChI is InChI=1S/C14H19ClN2O3/c1-3-10(4-2)17-13(18)8-20-12-6-5-9(15)7-11(12)14(16)19/h5-7,10H,3-4,8H2,1-2H3,(H2,16,19)(H,17,18). The van der Waals surface area contributed by atoms with Gasteiger partial charge < -0.3 is 15.8 Å². The summed E-state index contributed by atoms with van der Waals surface area (Å²) in [6.45, 7) is 3.83. The zero-order chi connectivity index (χ0) is 15.1. The van der Waals surface area contributed by atoms with Gasteiger partial charge in [-0.1, -0.05) is 25.4 Å². The molecule has 0 atom stereocenters. The van der Waals surface area contributed by atoms with E-state index >= 15 is 0 Å². The third kappa shape index (κ3) is 4.74. The molecule has 0 aliphatic heterocycles. The molecule has 0 saturated heterocycles. The number of amides is 2. The van der Waals surface area contributed by atoms with E-state index in [0.717, 1.165) is 12.8 Å². The van der Waals surface area contributed by atoms with Gasteiger partial charge in [-0.15, -0.1) is 0 Å². The molecule has 0 fully saturated rings. The average molecular weight is 299 g/mol. The molecule has 0 radical (unpaired) electrons. The summed E-state index contributed by atoms with van der Waals surface area (Å²) in [6.07, 6.45) is 1.71. The van der Waals surface area contributed by atoms with Crippen LogP contribution >= 0.6 is 11.6 Å². The lowest BCUT2D eigenvalue weighted by molar-refractivity contribution is -0.123. The third-order valence-electron chi connectivity index (χ3n) is 2.92. The molecule has 1 aromatic carbocycles. The number of nitrogens with two attached hydrogens (primary N) is 1. The molecule has 1 rings (SSSR count). The lowest BCUT2D eigenvalue weighted by atomic mass is 10.2. The first-order chi connectivity index (χ1) is 9.47. The first-order valence-electron chi connectivity index (χ1n) is 6.49. The Morgan fingerprint density at radius 2 is 2.00 bits per heavy atom. The number of hydrogen-bond donors (Lipinski definition) is 2. The average Bonchev–Trinajstić information content (AvgIpc) is 2.43. The first-order valence-corrected chi connectivity index (χ1v) is 6.87. The van der Waals surface area contributed by atoms with Crippen LogP contribution in [0.4, 0.5) is 0 Å². The number of halogens is 1. The van der Waals surface area contributed by atoms with Crippen LogP contribution in [-0.2, 0) is 4.79 Å². The molecular formula is C14H19ClN2O3. The van der Waals surface area contributed by atoms with Gasteiger partial charge in [-0.05, 0) is 31.0 Å². The molecule has 6 heteroatoms. The van der Waals surface area contributed by atoms with Crippen LogP contribution in [0.2, 0.25) is 5.02 Å². The van der Waals surface area contributed by atoms with Crippen LogP contribution in [0.1, 0.15) is 37.0 Å². The van der Waals surface area contributed by atoms with Gasteiger partial charge in [0.1, 0.15) is 5.75 Å². The van der Waals surface area contributed by atoms with Gasteiger partial charge in [-0.3, -0.25) is 9.59 Å². The van der Waals surface area contributed by atoms with Crippen LogP contribution in [0.25, 0.3) is 0 Å². The van der Waals surface area contributed by atoms with E-state index in [4.69, 9.17) is 22.1 Å². The van der Waals surface area contributed by atoms with E-state index < -0.39 is 5.91 Å². The number of primary amides is 1. The SMILES string of the molecule is CCC(CC)NC(=O)COc1ccc(Cl)cc1C(N)=O. The highest BCUT2D eigenvalue weighted by Crippen LogP contribution is 2.22. The predicted octanol–water partition coefficient (Wildman–Crippen LogP) is 2.12. The molecule has 2 amide bonds. The molecule has 20 heavy (non-hydrogen) atoms. The van der Waals surface area contributed by atoms with E-state index in [-0.39, 0.29) is 29.9 Å². The maximum absolute atomic E-state index is 11.7. The summed E-state index contributed by atoms with van der Waals surface area (Å²) >= 11 is 5.79. The van der Waals surface area contributed by atoms with Gasteiger partial charge in [0.05, 0.1) is 5.56 Å². The van der Waals surface area contributed by atoms with E-state index in [0.29, 0.717) is 5.02 Å². The van der Waals surface area contributed by atoms with Crippen molar-refractivity contribution in [2.24, 2.45) is 5.73 Å². The van der Waals surface area contributed by atoms with Gasteiger partial charge >= 0.3 is 0 Å². The van der Waals surface area contributed by atoms with Crippen molar-refractivity contribution in [3.05, 3.63) is 28.8 Å². The van der Waals surface area contributed by atoms with Crippen molar-refractivity contribution in [2.45, 2.75) is 32.7 Å². The van der Waals surface area contributed by atoms with E-state index in [1.807, 2.05) is 13.8 Å². The maximum Gasteiger partial charge on any atom is 0.258 e. The topological polar surface area (TPSA) is 81.4 Å². The Bertz CT molecular complexity index is 487. The summed E-state index contributed by atoms with van der Waals surface area (Å²) in [6, 6.07) is 4.64. The molecule has 110 valence electrons. The van der Waals surface area contributed by atoms with E-state index in [9.17, 15) is 9.59 Å². The molecule has 0 unspecified atom stereocenters. The van der Waals surface area contributed by atoms with Gasteiger partial charge in [0.25, 0.3) is 11.8 Å². The van der Waals surface area contributed by atoms with Gasteiger partial charge in [0.2, 0.25) is 0 Å². The highest BCUT2D eigenvalue weighted by Gasteiger charge is 2.13. The van der Waals surface area contributed by atoms with E-state index in [1.54, 1.807) is 6.07 Å². The fourth-order valence-electron chi connectivity index (χ4n) is 1.73. The normalized spacial score (nSPS) is 10.4. The molecule has 0 spiro atoms. The monoisotopic (exact) mass is 298 g/mol. The van der Waals surface area contributed by atoms with Gasteiger partial charge in [0, 0.05) is 11.1 Å². The Kier molecular flexibility index (Phi) is 6.31. The minimum Gasteiger partial charge on any atom is -0.483 e. The van der Waals surface area contributed by atoms with Crippen molar-refractivity contribution in [3.63, 3.8) is 0 Å². The maximum atomic E-state index is 11.7. The third-order valence-corrected chi connectivity index (χ3v) is 3.15. The van der Waals surface area contributed by atoms with Crippen LogP contribution in [0, 0.1) is 0 Å². The van der Waals surface area contributed by atoms with Crippen molar-refractivity contribution in [1.82, 2.24) is 5.32 Å². The predicted molar refractivity (Wildman–Crippen MR) is 78.0 cm³/mol. The Hall–Kier alpha value is -1.75. The van der Waals surface area contributed by atoms with Crippen molar-refractivity contribution >= 4 is 23.4 Å². The van der Waals surface area contributed by atoms with Gasteiger partial charge in [0.15, 0.2) is 6.61 Å². The number of ether oxygens (including phenoxy) is 1. The van der Waals surface area contributed by atoms with Crippen LogP contribution < -0.4 is 15.8 Å². The fraction of sp³-hybridized carbons (Fsp3) is 0.429. The number of benzene rings is 1. The highest BCUT2D eigenvalue weighted by molar-refractivity contribution is 6.31. The summed E-state index contributed by atoms with van der Waals surface area (Å²) in [4.78, 5) is 23.0. The van der Waals surface area contributed by atoms with E-state index in [2.05, 4.69) is 5.32 Å². The molecule has 0 aliphatic rings. The quantitative estimate of drug-likeness (QED) is 0.809. The second-order valence-corrected chi connectivity index (χ2v) is 4.81. The molecule has 3 N–H and O–H groups in total. The molecule has 0 saturated carbocycles. The second kappa shape index (κ2) is 7.75. The van der Waals surface area contributed by atoms with Crippen LogP contribution in [-0.4, -0.2) is 24.5 Å². The molecular weight excluding hydrogens is 280 g/mol. The Morgan fingerprint density at radius 3 is 2.55 bits per heavy atom. The number of carbonyl (C=O) groups excluding carboxylic acids is 2. The number of rotatable bonds is 7. The summed E-state index contributed by atoms with van der Waals surface area (Å²) < 4.78 is 5.33. The zero-order valence-electron chi connectivity index (χ0n) is 11.6. The van der Waals surface area contributed by atoms with Crippen molar-refractivity contribution in [3.8, 4) is 5.75 Å². The lowest BCUT2D eigenvalue weighted by Crippen LogP contribution is -2.37. The highest BCUT2D eigenvalue weighted by atomic mass is 35.5.